The highest BCUT2D eigenvalue weighted by atomic mass is 16.5. The first kappa shape index (κ1) is 16.8. The number of carbonyl (C=O) groups is 1. The van der Waals surface area contributed by atoms with E-state index in [2.05, 4.69) is 44.2 Å². The van der Waals surface area contributed by atoms with E-state index in [1.807, 2.05) is 18.2 Å². The maximum Gasteiger partial charge on any atom is 0.223 e. The Morgan fingerprint density at radius 3 is 2.64 bits per heavy atom. The molecule has 0 saturated heterocycles. The minimum Gasteiger partial charge on any atom is -0.496 e. The van der Waals surface area contributed by atoms with Crippen molar-refractivity contribution in [3.63, 3.8) is 0 Å². The second-order valence-electron chi connectivity index (χ2n) is 6.71. The van der Waals surface area contributed by atoms with Crippen molar-refractivity contribution in [1.29, 1.82) is 0 Å². The fraction of sp³-hybridized carbons (Fsp3) is 0.611. The molecule has 1 saturated carbocycles. The van der Waals surface area contributed by atoms with Crippen LogP contribution >= 0.6 is 0 Å². The molecule has 1 aromatic rings. The molecule has 1 amide bonds. The van der Waals surface area contributed by atoms with Gasteiger partial charge in [-0.05, 0) is 44.0 Å². The number of benzene rings is 1. The summed E-state index contributed by atoms with van der Waals surface area (Å²) in [6.45, 7) is 5.08. The van der Waals surface area contributed by atoms with E-state index in [1.165, 1.54) is 0 Å². The van der Waals surface area contributed by atoms with Crippen LogP contribution in [0.4, 0.5) is 0 Å². The van der Waals surface area contributed by atoms with Gasteiger partial charge in [-0.1, -0.05) is 32.0 Å². The van der Waals surface area contributed by atoms with E-state index < -0.39 is 0 Å². The van der Waals surface area contributed by atoms with E-state index in [1.54, 1.807) is 7.11 Å². The van der Waals surface area contributed by atoms with Gasteiger partial charge < -0.3 is 15.0 Å². The van der Waals surface area contributed by atoms with Gasteiger partial charge in [0.05, 0.1) is 7.11 Å². The number of nitrogens with one attached hydrogen (secondary N) is 1. The highest BCUT2D eigenvalue weighted by molar-refractivity contribution is 5.83. The topological polar surface area (TPSA) is 41.6 Å². The molecular formula is C18H28N2O2. The van der Waals surface area contributed by atoms with Gasteiger partial charge in [0.25, 0.3) is 0 Å². The smallest absolute Gasteiger partial charge is 0.223 e. The molecule has 0 heterocycles. The number of para-hydroxylation sites is 1. The minimum absolute atomic E-state index is 0.0891. The Hall–Kier alpha value is -1.55. The summed E-state index contributed by atoms with van der Waals surface area (Å²) in [5.74, 6) is 1.96. The molecule has 1 aromatic carbocycles. The summed E-state index contributed by atoms with van der Waals surface area (Å²) in [5, 5.41) is 3.12. The van der Waals surface area contributed by atoms with E-state index >= 15 is 0 Å². The molecule has 22 heavy (non-hydrogen) atoms. The molecule has 1 fully saturated rings. The van der Waals surface area contributed by atoms with Crippen LogP contribution in [0.2, 0.25) is 0 Å². The molecule has 1 N–H and O–H groups in total. The second kappa shape index (κ2) is 7.14. The van der Waals surface area contributed by atoms with Gasteiger partial charge in [-0.3, -0.25) is 4.79 Å². The average molecular weight is 304 g/mol. The number of hydrogen-bond acceptors (Lipinski definition) is 3. The van der Waals surface area contributed by atoms with Crippen LogP contribution in [-0.2, 0) is 4.79 Å². The van der Waals surface area contributed by atoms with Crippen LogP contribution < -0.4 is 10.1 Å². The van der Waals surface area contributed by atoms with Gasteiger partial charge in [0.1, 0.15) is 5.75 Å². The highest BCUT2D eigenvalue weighted by Gasteiger charge is 2.45. The van der Waals surface area contributed by atoms with E-state index in [-0.39, 0.29) is 11.8 Å². The first-order valence-electron chi connectivity index (χ1n) is 8.02. The van der Waals surface area contributed by atoms with Crippen molar-refractivity contribution in [1.82, 2.24) is 10.2 Å². The lowest BCUT2D eigenvalue weighted by Crippen LogP contribution is -2.43. The molecule has 0 aliphatic heterocycles. The molecular weight excluding hydrogens is 276 g/mol. The number of carbonyl (C=O) groups excluding carboxylic acids is 1. The number of rotatable bonds is 7. The SMILES string of the molecule is COc1ccccc1[C@@H]1C[C@@H]1C(=O)NC[C@H](C(C)C)N(C)C. The van der Waals surface area contributed by atoms with Crippen LogP contribution in [0.15, 0.2) is 24.3 Å². The van der Waals surface area contributed by atoms with Gasteiger partial charge in [0, 0.05) is 18.5 Å². The molecule has 4 heteroatoms. The summed E-state index contributed by atoms with van der Waals surface area (Å²) < 4.78 is 5.40. The van der Waals surface area contributed by atoms with Crippen LogP contribution in [-0.4, -0.2) is 44.6 Å². The monoisotopic (exact) mass is 304 g/mol. The van der Waals surface area contributed by atoms with Crippen molar-refractivity contribution in [2.45, 2.75) is 32.2 Å². The minimum atomic E-state index is 0.0891. The van der Waals surface area contributed by atoms with Gasteiger partial charge in [0.15, 0.2) is 0 Å². The zero-order valence-corrected chi connectivity index (χ0v) is 14.3. The van der Waals surface area contributed by atoms with E-state index in [0.717, 1.165) is 17.7 Å². The summed E-state index contributed by atoms with van der Waals surface area (Å²) >= 11 is 0. The second-order valence-corrected chi connectivity index (χ2v) is 6.71. The van der Waals surface area contributed by atoms with Gasteiger partial charge in [-0.15, -0.1) is 0 Å². The largest absolute Gasteiger partial charge is 0.496 e. The normalized spacial score (nSPS) is 21.8. The first-order chi connectivity index (χ1) is 10.5. The van der Waals surface area contributed by atoms with Crippen molar-refractivity contribution < 1.29 is 9.53 Å². The standard InChI is InChI=1S/C18H28N2O2/c1-12(2)16(20(3)4)11-19-18(21)15-10-14(15)13-8-6-7-9-17(13)22-5/h6-9,12,14-16H,10-11H2,1-5H3,(H,19,21)/t14-,15-,16+/m0/s1. The first-order valence-corrected chi connectivity index (χ1v) is 8.02. The molecule has 0 bridgehead atoms. The summed E-state index contributed by atoms with van der Waals surface area (Å²) in [7, 11) is 5.80. The molecule has 1 aliphatic rings. The Labute approximate surface area is 133 Å². The molecule has 0 radical (unpaired) electrons. The van der Waals surface area contributed by atoms with Crippen molar-refractivity contribution in [3.8, 4) is 5.75 Å². The Morgan fingerprint density at radius 2 is 2.05 bits per heavy atom. The average Bonchev–Trinajstić information content (AvgIpc) is 3.26. The molecule has 3 atom stereocenters. The Balaban J connectivity index is 1.91. The quantitative estimate of drug-likeness (QED) is 0.841. The molecule has 2 rings (SSSR count). The number of methoxy groups -OCH3 is 1. The molecule has 0 spiro atoms. The van der Waals surface area contributed by atoms with Crippen LogP contribution in [0, 0.1) is 11.8 Å². The molecule has 0 aromatic heterocycles. The summed E-state index contributed by atoms with van der Waals surface area (Å²) in [5.41, 5.74) is 1.15. The van der Waals surface area contributed by atoms with E-state index in [4.69, 9.17) is 4.74 Å². The number of ether oxygens (including phenoxy) is 1. The zero-order chi connectivity index (χ0) is 16.3. The molecule has 122 valence electrons. The van der Waals surface area contributed by atoms with Crippen LogP contribution in [0.5, 0.6) is 5.75 Å². The predicted molar refractivity (Wildman–Crippen MR) is 89.2 cm³/mol. The molecule has 4 nitrogen and oxygen atoms in total. The van der Waals surface area contributed by atoms with Crippen molar-refractivity contribution in [2.24, 2.45) is 11.8 Å². The van der Waals surface area contributed by atoms with Crippen LogP contribution in [0.1, 0.15) is 31.7 Å². The van der Waals surface area contributed by atoms with Crippen molar-refractivity contribution in [3.05, 3.63) is 29.8 Å². The van der Waals surface area contributed by atoms with Crippen LogP contribution in [0.3, 0.4) is 0 Å². The Morgan fingerprint density at radius 1 is 1.36 bits per heavy atom. The summed E-state index contributed by atoms with van der Waals surface area (Å²) in [4.78, 5) is 14.5. The third-order valence-electron chi connectivity index (χ3n) is 4.58. The van der Waals surface area contributed by atoms with Gasteiger partial charge in [-0.25, -0.2) is 0 Å². The number of hydrogen-bond donors (Lipinski definition) is 1. The molecule has 0 unspecified atom stereocenters. The lowest BCUT2D eigenvalue weighted by atomic mass is 10.0. The van der Waals surface area contributed by atoms with Gasteiger partial charge in [0.2, 0.25) is 5.91 Å². The Bertz CT molecular complexity index is 506. The van der Waals surface area contributed by atoms with E-state index in [9.17, 15) is 4.79 Å². The fourth-order valence-electron chi connectivity index (χ4n) is 3.15. The maximum atomic E-state index is 12.4. The highest BCUT2D eigenvalue weighted by Crippen LogP contribution is 2.50. The summed E-state index contributed by atoms with van der Waals surface area (Å²) in [6, 6.07) is 8.36. The number of likely N-dealkylation sites (N-methyl/N-ethyl adjacent to an activating group) is 1. The number of amides is 1. The third-order valence-corrected chi connectivity index (χ3v) is 4.58. The van der Waals surface area contributed by atoms with Crippen molar-refractivity contribution >= 4 is 5.91 Å². The Kier molecular flexibility index (Phi) is 5.46. The van der Waals surface area contributed by atoms with E-state index in [0.29, 0.717) is 24.4 Å². The maximum absolute atomic E-state index is 12.4. The number of nitrogens with zero attached hydrogens (tertiary/aromatic N) is 1. The molecule has 1 aliphatic carbocycles. The predicted octanol–water partition coefficient (Wildman–Crippen LogP) is 2.50. The lowest BCUT2D eigenvalue weighted by molar-refractivity contribution is -0.122. The van der Waals surface area contributed by atoms with Crippen LogP contribution in [0.25, 0.3) is 0 Å². The fourth-order valence-corrected chi connectivity index (χ4v) is 3.15. The lowest BCUT2D eigenvalue weighted by Gasteiger charge is -2.28. The third kappa shape index (κ3) is 3.80. The van der Waals surface area contributed by atoms with Gasteiger partial charge >= 0.3 is 0 Å². The van der Waals surface area contributed by atoms with Crippen molar-refractivity contribution in [2.75, 3.05) is 27.7 Å². The summed E-state index contributed by atoms with van der Waals surface area (Å²) in [6.07, 6.45) is 0.917. The zero-order valence-electron chi connectivity index (χ0n) is 14.3. The van der Waals surface area contributed by atoms with Gasteiger partial charge in [-0.2, -0.15) is 0 Å².